The summed E-state index contributed by atoms with van der Waals surface area (Å²) in [5.41, 5.74) is 1.37. The number of nitriles is 1. The lowest BCUT2D eigenvalue weighted by atomic mass is 9.93. The highest BCUT2D eigenvalue weighted by Crippen LogP contribution is 2.30. The van der Waals surface area contributed by atoms with Gasteiger partial charge in [-0.15, -0.1) is 0 Å². The quantitative estimate of drug-likeness (QED) is 0.794. The monoisotopic (exact) mass is 323 g/mol. The second-order valence-corrected chi connectivity index (χ2v) is 5.33. The highest BCUT2D eigenvalue weighted by atomic mass is 35.5. The standard InChI is InChI=1S/C16H12Cl2FNO/c1-21-16-5-3-13(19)7-11(16)6-12(9-20)10-2-4-14(17)15(18)8-10/h2-5,7-8,12H,6H2,1H3. The van der Waals surface area contributed by atoms with Crippen LogP contribution in [0.5, 0.6) is 5.75 Å². The SMILES string of the molecule is COc1ccc(F)cc1CC(C#N)c1ccc(Cl)c(Cl)c1. The van der Waals surface area contributed by atoms with E-state index in [4.69, 9.17) is 27.9 Å². The Balaban J connectivity index is 2.33. The molecule has 2 aromatic rings. The van der Waals surface area contributed by atoms with Crippen molar-refractivity contribution in [3.05, 3.63) is 63.4 Å². The molecular formula is C16H12Cl2FNO. The second-order valence-electron chi connectivity index (χ2n) is 4.52. The lowest BCUT2D eigenvalue weighted by Crippen LogP contribution is -2.03. The molecule has 0 aliphatic heterocycles. The van der Waals surface area contributed by atoms with E-state index in [2.05, 4.69) is 6.07 Å². The van der Waals surface area contributed by atoms with Crippen LogP contribution in [-0.2, 0) is 6.42 Å². The topological polar surface area (TPSA) is 33.0 Å². The molecule has 0 saturated carbocycles. The van der Waals surface area contributed by atoms with Gasteiger partial charge >= 0.3 is 0 Å². The highest BCUT2D eigenvalue weighted by Gasteiger charge is 2.16. The number of rotatable bonds is 4. The van der Waals surface area contributed by atoms with Gasteiger partial charge in [0.25, 0.3) is 0 Å². The molecule has 0 radical (unpaired) electrons. The minimum atomic E-state index is -0.463. The van der Waals surface area contributed by atoms with Crippen molar-refractivity contribution in [1.29, 1.82) is 5.26 Å². The van der Waals surface area contributed by atoms with Crippen molar-refractivity contribution in [3.8, 4) is 11.8 Å². The third kappa shape index (κ3) is 3.66. The fourth-order valence-electron chi connectivity index (χ4n) is 2.09. The minimum Gasteiger partial charge on any atom is -0.496 e. The van der Waals surface area contributed by atoms with Gasteiger partial charge in [0.05, 0.1) is 29.1 Å². The Morgan fingerprint density at radius 2 is 1.95 bits per heavy atom. The van der Waals surface area contributed by atoms with E-state index in [-0.39, 0.29) is 5.82 Å². The Labute approximate surface area is 132 Å². The van der Waals surface area contributed by atoms with Gasteiger partial charge in [0, 0.05) is 0 Å². The molecule has 0 N–H and O–H groups in total. The Morgan fingerprint density at radius 3 is 2.57 bits per heavy atom. The molecule has 2 aromatic carbocycles. The molecule has 0 aliphatic rings. The van der Waals surface area contributed by atoms with Gasteiger partial charge in [-0.05, 0) is 47.9 Å². The molecule has 0 saturated heterocycles. The summed E-state index contributed by atoms with van der Waals surface area (Å²) in [5, 5.41) is 10.2. The lowest BCUT2D eigenvalue weighted by molar-refractivity contribution is 0.407. The van der Waals surface area contributed by atoms with Gasteiger partial charge in [0.15, 0.2) is 0 Å². The third-order valence-electron chi connectivity index (χ3n) is 3.17. The zero-order valence-electron chi connectivity index (χ0n) is 11.2. The Hall–Kier alpha value is -1.76. The van der Waals surface area contributed by atoms with Gasteiger partial charge in [-0.2, -0.15) is 5.26 Å². The molecule has 0 spiro atoms. The summed E-state index contributed by atoms with van der Waals surface area (Å²) in [6, 6.07) is 11.5. The van der Waals surface area contributed by atoms with Crippen molar-refractivity contribution in [2.24, 2.45) is 0 Å². The van der Waals surface area contributed by atoms with E-state index >= 15 is 0 Å². The summed E-state index contributed by atoms with van der Waals surface area (Å²) in [5.74, 6) is -0.274. The van der Waals surface area contributed by atoms with Crippen LogP contribution in [0.25, 0.3) is 0 Å². The molecule has 1 unspecified atom stereocenters. The van der Waals surface area contributed by atoms with Gasteiger partial charge < -0.3 is 4.74 Å². The van der Waals surface area contributed by atoms with E-state index < -0.39 is 5.92 Å². The average molecular weight is 324 g/mol. The minimum absolute atomic E-state index is 0.329. The van der Waals surface area contributed by atoms with Crippen LogP contribution in [0.4, 0.5) is 4.39 Å². The fraction of sp³-hybridized carbons (Fsp3) is 0.188. The van der Waals surface area contributed by atoms with Crippen LogP contribution < -0.4 is 4.74 Å². The van der Waals surface area contributed by atoms with Crippen molar-refractivity contribution in [1.82, 2.24) is 0 Å². The molecule has 0 fully saturated rings. The molecule has 0 amide bonds. The largest absolute Gasteiger partial charge is 0.496 e. The summed E-state index contributed by atoms with van der Waals surface area (Å²) in [7, 11) is 1.51. The Bertz CT molecular complexity index is 697. The molecular weight excluding hydrogens is 312 g/mol. The number of nitrogens with zero attached hydrogens (tertiary/aromatic N) is 1. The predicted molar refractivity (Wildman–Crippen MR) is 81.5 cm³/mol. The summed E-state index contributed by atoms with van der Waals surface area (Å²) < 4.78 is 18.6. The number of hydrogen-bond acceptors (Lipinski definition) is 2. The molecule has 21 heavy (non-hydrogen) atoms. The van der Waals surface area contributed by atoms with Crippen LogP contribution in [0.15, 0.2) is 36.4 Å². The molecule has 1 atom stereocenters. The van der Waals surface area contributed by atoms with Gasteiger partial charge in [-0.1, -0.05) is 29.3 Å². The fourth-order valence-corrected chi connectivity index (χ4v) is 2.40. The summed E-state index contributed by atoms with van der Waals surface area (Å²) >= 11 is 11.8. The third-order valence-corrected chi connectivity index (χ3v) is 3.91. The zero-order chi connectivity index (χ0) is 15.4. The Kier molecular flexibility index (Phi) is 5.06. The van der Waals surface area contributed by atoms with Gasteiger partial charge in [0.2, 0.25) is 0 Å². The van der Waals surface area contributed by atoms with Gasteiger partial charge in [0.1, 0.15) is 11.6 Å². The predicted octanol–water partition coefficient (Wildman–Crippen LogP) is 4.99. The molecule has 0 bridgehead atoms. The maximum absolute atomic E-state index is 13.4. The normalized spacial score (nSPS) is 11.8. The average Bonchev–Trinajstić information content (AvgIpc) is 2.48. The van der Waals surface area contributed by atoms with Crippen molar-refractivity contribution in [3.63, 3.8) is 0 Å². The first-order valence-corrected chi connectivity index (χ1v) is 6.97. The van der Waals surface area contributed by atoms with Crippen LogP contribution in [0.1, 0.15) is 17.0 Å². The van der Waals surface area contributed by atoms with Crippen LogP contribution >= 0.6 is 23.2 Å². The smallest absolute Gasteiger partial charge is 0.123 e. The lowest BCUT2D eigenvalue weighted by Gasteiger charge is -2.13. The van der Waals surface area contributed by atoms with E-state index in [1.807, 2.05) is 0 Å². The van der Waals surface area contributed by atoms with E-state index in [0.717, 1.165) is 5.56 Å². The van der Waals surface area contributed by atoms with Crippen LogP contribution in [0.3, 0.4) is 0 Å². The van der Waals surface area contributed by atoms with Crippen molar-refractivity contribution >= 4 is 23.2 Å². The van der Waals surface area contributed by atoms with Crippen molar-refractivity contribution < 1.29 is 9.13 Å². The first-order valence-electron chi connectivity index (χ1n) is 6.22. The van der Waals surface area contributed by atoms with E-state index in [1.54, 1.807) is 24.3 Å². The molecule has 0 aromatic heterocycles. The summed E-state index contributed by atoms with van der Waals surface area (Å²) in [6.45, 7) is 0. The summed E-state index contributed by atoms with van der Waals surface area (Å²) in [6.07, 6.45) is 0.329. The number of methoxy groups -OCH3 is 1. The van der Waals surface area contributed by atoms with E-state index in [9.17, 15) is 9.65 Å². The van der Waals surface area contributed by atoms with Gasteiger partial charge in [-0.3, -0.25) is 0 Å². The van der Waals surface area contributed by atoms with Crippen LogP contribution in [0.2, 0.25) is 10.0 Å². The molecule has 0 aliphatic carbocycles. The number of ether oxygens (including phenoxy) is 1. The maximum atomic E-state index is 13.4. The second kappa shape index (κ2) is 6.80. The molecule has 108 valence electrons. The van der Waals surface area contributed by atoms with E-state index in [1.165, 1.54) is 19.2 Å². The number of halogens is 3. The highest BCUT2D eigenvalue weighted by molar-refractivity contribution is 6.42. The first-order chi connectivity index (χ1) is 10.0. The first kappa shape index (κ1) is 15.6. The molecule has 5 heteroatoms. The zero-order valence-corrected chi connectivity index (χ0v) is 12.7. The summed E-state index contributed by atoms with van der Waals surface area (Å²) in [4.78, 5) is 0. The molecule has 0 heterocycles. The van der Waals surface area contributed by atoms with Gasteiger partial charge in [-0.25, -0.2) is 4.39 Å². The van der Waals surface area contributed by atoms with E-state index in [0.29, 0.717) is 27.8 Å². The maximum Gasteiger partial charge on any atom is 0.123 e. The number of benzene rings is 2. The Morgan fingerprint density at radius 1 is 1.19 bits per heavy atom. The van der Waals surface area contributed by atoms with Crippen LogP contribution in [-0.4, -0.2) is 7.11 Å². The molecule has 2 rings (SSSR count). The van der Waals surface area contributed by atoms with Crippen molar-refractivity contribution in [2.45, 2.75) is 12.3 Å². The molecule has 2 nitrogen and oxygen atoms in total. The van der Waals surface area contributed by atoms with Crippen LogP contribution in [0, 0.1) is 17.1 Å². The number of hydrogen-bond donors (Lipinski definition) is 0. The van der Waals surface area contributed by atoms with Crippen molar-refractivity contribution in [2.75, 3.05) is 7.11 Å².